The maximum Gasteiger partial charge on any atom is 0.329 e. The van der Waals surface area contributed by atoms with E-state index in [1.165, 1.54) is 7.05 Å². The molecule has 17 heavy (non-hydrogen) atoms. The van der Waals surface area contributed by atoms with Crippen LogP contribution in [0.2, 0.25) is 0 Å². The van der Waals surface area contributed by atoms with E-state index in [1.54, 1.807) is 31.4 Å². The van der Waals surface area contributed by atoms with Crippen molar-refractivity contribution in [2.45, 2.75) is 0 Å². The van der Waals surface area contributed by atoms with E-state index in [4.69, 9.17) is 4.74 Å². The van der Waals surface area contributed by atoms with Crippen molar-refractivity contribution in [3.8, 4) is 5.75 Å². The van der Waals surface area contributed by atoms with Gasteiger partial charge in [-0.25, -0.2) is 9.79 Å². The molecule has 1 saturated heterocycles. The van der Waals surface area contributed by atoms with Gasteiger partial charge in [0, 0.05) is 7.05 Å². The SMILES string of the molecule is COc1ccc(N=C2NC(=O)N(C)C2=O)cc1. The molecule has 6 heteroatoms. The van der Waals surface area contributed by atoms with Gasteiger partial charge in [0.2, 0.25) is 5.84 Å². The van der Waals surface area contributed by atoms with Crippen LogP contribution in [0.15, 0.2) is 29.3 Å². The Morgan fingerprint density at radius 1 is 1.24 bits per heavy atom. The van der Waals surface area contributed by atoms with E-state index in [2.05, 4.69) is 10.3 Å². The topological polar surface area (TPSA) is 71.0 Å². The number of ether oxygens (including phenoxy) is 1. The molecule has 1 aromatic carbocycles. The number of amidine groups is 1. The van der Waals surface area contributed by atoms with Crippen molar-refractivity contribution in [1.29, 1.82) is 0 Å². The van der Waals surface area contributed by atoms with Crippen molar-refractivity contribution in [3.05, 3.63) is 24.3 Å². The Morgan fingerprint density at radius 2 is 1.88 bits per heavy atom. The summed E-state index contributed by atoms with van der Waals surface area (Å²) in [5, 5.41) is 2.39. The Labute approximate surface area is 97.9 Å². The van der Waals surface area contributed by atoms with Crippen molar-refractivity contribution in [2.75, 3.05) is 14.2 Å². The van der Waals surface area contributed by atoms with E-state index < -0.39 is 11.9 Å². The van der Waals surface area contributed by atoms with Crippen LogP contribution < -0.4 is 10.1 Å². The number of nitrogens with one attached hydrogen (secondary N) is 1. The lowest BCUT2D eigenvalue weighted by Gasteiger charge is -2.00. The Morgan fingerprint density at radius 3 is 2.35 bits per heavy atom. The molecule has 1 N–H and O–H groups in total. The van der Waals surface area contributed by atoms with Gasteiger partial charge in [0.05, 0.1) is 12.8 Å². The quantitative estimate of drug-likeness (QED) is 0.772. The van der Waals surface area contributed by atoms with Crippen molar-refractivity contribution < 1.29 is 14.3 Å². The van der Waals surface area contributed by atoms with Crippen LogP contribution >= 0.6 is 0 Å². The number of hydrogen-bond donors (Lipinski definition) is 1. The van der Waals surface area contributed by atoms with Crippen molar-refractivity contribution in [1.82, 2.24) is 10.2 Å². The number of benzene rings is 1. The number of aliphatic imine (C=N–C) groups is 1. The lowest BCUT2D eigenvalue weighted by Crippen LogP contribution is -2.25. The lowest BCUT2D eigenvalue weighted by molar-refractivity contribution is -0.119. The Kier molecular flexibility index (Phi) is 2.78. The number of carbonyl (C=O) groups excluding carboxylic acids is 2. The minimum Gasteiger partial charge on any atom is -0.497 e. The van der Waals surface area contributed by atoms with Gasteiger partial charge >= 0.3 is 6.03 Å². The highest BCUT2D eigenvalue weighted by Crippen LogP contribution is 2.18. The molecule has 0 bridgehead atoms. The van der Waals surface area contributed by atoms with E-state index in [0.717, 1.165) is 4.90 Å². The number of rotatable bonds is 2. The Bertz CT molecular complexity index is 493. The van der Waals surface area contributed by atoms with Crippen LogP contribution in [0.5, 0.6) is 5.75 Å². The molecule has 0 radical (unpaired) electrons. The first-order valence-corrected chi connectivity index (χ1v) is 4.93. The van der Waals surface area contributed by atoms with E-state index in [9.17, 15) is 9.59 Å². The van der Waals surface area contributed by atoms with Crippen LogP contribution in [0.3, 0.4) is 0 Å². The van der Waals surface area contributed by atoms with Crippen LogP contribution in [0.4, 0.5) is 10.5 Å². The summed E-state index contributed by atoms with van der Waals surface area (Å²) >= 11 is 0. The predicted molar refractivity (Wildman–Crippen MR) is 61.4 cm³/mol. The van der Waals surface area contributed by atoms with Gasteiger partial charge in [0.1, 0.15) is 5.75 Å². The summed E-state index contributed by atoms with van der Waals surface area (Å²) in [6.45, 7) is 0. The normalized spacial score (nSPS) is 17.5. The number of urea groups is 1. The molecular formula is C11H11N3O3. The summed E-state index contributed by atoms with van der Waals surface area (Å²) in [6.07, 6.45) is 0. The van der Waals surface area contributed by atoms with Crippen LogP contribution in [0.25, 0.3) is 0 Å². The molecule has 1 aliphatic heterocycles. The molecule has 0 aliphatic carbocycles. The largest absolute Gasteiger partial charge is 0.497 e. The first kappa shape index (κ1) is 11.1. The first-order valence-electron chi connectivity index (χ1n) is 4.93. The zero-order chi connectivity index (χ0) is 12.4. The number of hydrogen-bond acceptors (Lipinski definition) is 4. The highest BCUT2D eigenvalue weighted by Gasteiger charge is 2.31. The molecule has 6 nitrogen and oxygen atoms in total. The minimum atomic E-state index is -0.470. The summed E-state index contributed by atoms with van der Waals surface area (Å²) in [7, 11) is 2.96. The van der Waals surface area contributed by atoms with Crippen molar-refractivity contribution in [3.63, 3.8) is 0 Å². The predicted octanol–water partition coefficient (Wildman–Crippen LogP) is 0.907. The van der Waals surface area contributed by atoms with E-state index >= 15 is 0 Å². The molecule has 3 amide bonds. The lowest BCUT2D eigenvalue weighted by atomic mass is 10.3. The van der Waals surface area contributed by atoms with E-state index in [1.807, 2.05) is 0 Å². The molecule has 0 unspecified atom stereocenters. The van der Waals surface area contributed by atoms with Crippen LogP contribution in [-0.2, 0) is 4.79 Å². The number of methoxy groups -OCH3 is 1. The van der Waals surface area contributed by atoms with Gasteiger partial charge in [0.25, 0.3) is 5.91 Å². The van der Waals surface area contributed by atoms with E-state index in [0.29, 0.717) is 11.4 Å². The van der Waals surface area contributed by atoms with Gasteiger partial charge in [-0.1, -0.05) is 0 Å². The van der Waals surface area contributed by atoms with Crippen molar-refractivity contribution >= 4 is 23.5 Å². The number of likely N-dealkylation sites (N-methyl/N-ethyl adjacent to an activating group) is 1. The molecule has 0 spiro atoms. The van der Waals surface area contributed by atoms with Crippen LogP contribution in [-0.4, -0.2) is 36.8 Å². The fourth-order valence-electron chi connectivity index (χ4n) is 1.35. The fraction of sp³-hybridized carbons (Fsp3) is 0.182. The van der Waals surface area contributed by atoms with Gasteiger partial charge in [-0.2, -0.15) is 0 Å². The first-order chi connectivity index (χ1) is 8.11. The van der Waals surface area contributed by atoms with E-state index in [-0.39, 0.29) is 5.84 Å². The molecule has 1 heterocycles. The van der Waals surface area contributed by atoms with Gasteiger partial charge in [0.15, 0.2) is 0 Å². The highest BCUT2D eigenvalue weighted by atomic mass is 16.5. The maximum absolute atomic E-state index is 11.5. The van der Waals surface area contributed by atoms with Gasteiger partial charge in [-0.15, -0.1) is 0 Å². The molecule has 1 fully saturated rings. The molecule has 1 aromatic rings. The van der Waals surface area contributed by atoms with Crippen LogP contribution in [0, 0.1) is 0 Å². The molecule has 0 saturated carbocycles. The molecule has 1 aliphatic rings. The number of amides is 3. The second-order valence-electron chi connectivity index (χ2n) is 3.45. The minimum absolute atomic E-state index is 0.0302. The third-order valence-electron chi connectivity index (χ3n) is 2.35. The Balaban J connectivity index is 2.24. The highest BCUT2D eigenvalue weighted by molar-refractivity contribution is 6.47. The zero-order valence-corrected chi connectivity index (χ0v) is 9.43. The second kappa shape index (κ2) is 4.25. The third kappa shape index (κ3) is 2.10. The van der Waals surface area contributed by atoms with Gasteiger partial charge in [-0.3, -0.25) is 15.0 Å². The second-order valence-corrected chi connectivity index (χ2v) is 3.45. The summed E-state index contributed by atoms with van der Waals surface area (Å²) in [4.78, 5) is 27.7. The average molecular weight is 233 g/mol. The third-order valence-corrected chi connectivity index (χ3v) is 2.35. The fourth-order valence-corrected chi connectivity index (χ4v) is 1.35. The Hall–Kier alpha value is -2.37. The molecule has 2 rings (SSSR count). The molecule has 88 valence electrons. The van der Waals surface area contributed by atoms with Gasteiger partial charge in [-0.05, 0) is 24.3 Å². The summed E-state index contributed by atoms with van der Waals surface area (Å²) in [5.74, 6) is 0.293. The molecular weight excluding hydrogens is 222 g/mol. The van der Waals surface area contributed by atoms with Crippen LogP contribution in [0.1, 0.15) is 0 Å². The zero-order valence-electron chi connectivity index (χ0n) is 9.43. The molecule has 0 aromatic heterocycles. The van der Waals surface area contributed by atoms with Gasteiger partial charge < -0.3 is 4.74 Å². The number of nitrogens with zero attached hydrogens (tertiary/aromatic N) is 2. The summed E-state index contributed by atoms with van der Waals surface area (Å²) in [5.41, 5.74) is 0.574. The van der Waals surface area contributed by atoms with Crippen molar-refractivity contribution in [2.24, 2.45) is 4.99 Å². The number of carbonyl (C=O) groups is 2. The molecule has 0 atom stereocenters. The monoisotopic (exact) mass is 233 g/mol. The maximum atomic E-state index is 11.5. The average Bonchev–Trinajstić information content (AvgIpc) is 2.58. The smallest absolute Gasteiger partial charge is 0.329 e. The number of imide groups is 1. The summed E-state index contributed by atoms with van der Waals surface area (Å²) < 4.78 is 5.00. The summed E-state index contributed by atoms with van der Waals surface area (Å²) in [6, 6.07) is 6.38. The standard InChI is InChI=1S/C11H11N3O3/c1-14-10(15)9(13-11(14)16)12-7-3-5-8(17-2)6-4-7/h3-6H,1-2H3,(H,12,13,16).